The standard InChI is InChI=1S/C13H29N3/c1-4-14-13(2)7-10-15(3)11-12-16-8-5-6-9-16/h13-14H,4-12H2,1-3H3. The van der Waals surface area contributed by atoms with Crippen molar-refractivity contribution in [2.45, 2.75) is 39.2 Å². The largest absolute Gasteiger partial charge is 0.314 e. The molecule has 1 N–H and O–H groups in total. The van der Waals surface area contributed by atoms with Crippen LogP contribution in [-0.4, -0.2) is 62.2 Å². The van der Waals surface area contributed by atoms with Crippen LogP contribution in [0.15, 0.2) is 0 Å². The molecular weight excluding hydrogens is 198 g/mol. The summed E-state index contributed by atoms with van der Waals surface area (Å²) < 4.78 is 0. The Kier molecular flexibility index (Phi) is 7.01. The van der Waals surface area contributed by atoms with Gasteiger partial charge >= 0.3 is 0 Å². The molecule has 0 radical (unpaired) electrons. The highest BCUT2D eigenvalue weighted by Gasteiger charge is 2.11. The van der Waals surface area contributed by atoms with Crippen LogP contribution in [-0.2, 0) is 0 Å². The van der Waals surface area contributed by atoms with Gasteiger partial charge in [0.05, 0.1) is 0 Å². The molecular formula is C13H29N3. The lowest BCUT2D eigenvalue weighted by molar-refractivity contribution is 0.249. The molecule has 1 heterocycles. The van der Waals surface area contributed by atoms with Crippen molar-refractivity contribution in [2.24, 2.45) is 0 Å². The van der Waals surface area contributed by atoms with Gasteiger partial charge < -0.3 is 15.1 Å². The monoisotopic (exact) mass is 227 g/mol. The van der Waals surface area contributed by atoms with Crippen molar-refractivity contribution in [3.63, 3.8) is 0 Å². The summed E-state index contributed by atoms with van der Waals surface area (Å²) in [6.07, 6.45) is 4.06. The molecule has 96 valence electrons. The first-order chi connectivity index (χ1) is 7.72. The molecule has 1 atom stereocenters. The summed E-state index contributed by atoms with van der Waals surface area (Å²) in [6, 6.07) is 0.652. The average Bonchev–Trinajstić information content (AvgIpc) is 2.77. The third-order valence-electron chi connectivity index (χ3n) is 3.49. The molecule has 0 aromatic rings. The summed E-state index contributed by atoms with van der Waals surface area (Å²) in [5, 5.41) is 3.46. The maximum atomic E-state index is 3.46. The fourth-order valence-electron chi connectivity index (χ4n) is 2.29. The predicted octanol–water partition coefficient (Wildman–Crippen LogP) is 1.40. The summed E-state index contributed by atoms with van der Waals surface area (Å²) in [4.78, 5) is 5.05. The van der Waals surface area contributed by atoms with E-state index in [1.165, 1.54) is 52.0 Å². The molecule has 0 amide bonds. The van der Waals surface area contributed by atoms with Crippen molar-refractivity contribution >= 4 is 0 Å². The molecule has 0 aromatic carbocycles. The van der Waals surface area contributed by atoms with Gasteiger partial charge in [-0.2, -0.15) is 0 Å². The molecule has 1 aliphatic heterocycles. The molecule has 1 rings (SSSR count). The van der Waals surface area contributed by atoms with Crippen molar-refractivity contribution in [3.05, 3.63) is 0 Å². The zero-order chi connectivity index (χ0) is 11.8. The van der Waals surface area contributed by atoms with E-state index < -0.39 is 0 Å². The second-order valence-electron chi connectivity index (χ2n) is 5.10. The molecule has 1 unspecified atom stereocenters. The van der Waals surface area contributed by atoms with Crippen LogP contribution in [0.25, 0.3) is 0 Å². The van der Waals surface area contributed by atoms with Crippen molar-refractivity contribution in [3.8, 4) is 0 Å². The molecule has 0 spiro atoms. The van der Waals surface area contributed by atoms with Crippen LogP contribution in [0.1, 0.15) is 33.1 Å². The van der Waals surface area contributed by atoms with E-state index in [1.54, 1.807) is 0 Å². The Labute approximate surface area is 101 Å². The Bertz CT molecular complexity index is 167. The van der Waals surface area contributed by atoms with Crippen LogP contribution >= 0.6 is 0 Å². The molecule has 0 aromatic heterocycles. The fourth-order valence-corrected chi connectivity index (χ4v) is 2.29. The zero-order valence-corrected chi connectivity index (χ0v) is 11.3. The van der Waals surface area contributed by atoms with Gasteiger partial charge in [-0.05, 0) is 59.4 Å². The van der Waals surface area contributed by atoms with E-state index >= 15 is 0 Å². The minimum absolute atomic E-state index is 0.652. The Balaban J connectivity index is 1.99. The lowest BCUT2D eigenvalue weighted by Crippen LogP contribution is -2.35. The average molecular weight is 227 g/mol. The Morgan fingerprint density at radius 3 is 2.56 bits per heavy atom. The number of hydrogen-bond donors (Lipinski definition) is 1. The summed E-state index contributed by atoms with van der Waals surface area (Å²) >= 11 is 0. The summed E-state index contributed by atoms with van der Waals surface area (Å²) in [6.45, 7) is 11.9. The highest BCUT2D eigenvalue weighted by Crippen LogP contribution is 2.06. The number of rotatable bonds is 8. The van der Waals surface area contributed by atoms with Crippen LogP contribution in [0, 0.1) is 0 Å². The second kappa shape index (κ2) is 8.04. The van der Waals surface area contributed by atoms with Crippen LogP contribution in [0.3, 0.4) is 0 Å². The zero-order valence-electron chi connectivity index (χ0n) is 11.3. The van der Waals surface area contributed by atoms with Crippen LogP contribution < -0.4 is 5.32 Å². The molecule has 3 nitrogen and oxygen atoms in total. The first kappa shape index (κ1) is 13.9. The summed E-state index contributed by atoms with van der Waals surface area (Å²) in [5.74, 6) is 0. The third-order valence-corrected chi connectivity index (χ3v) is 3.49. The van der Waals surface area contributed by atoms with Gasteiger partial charge in [-0.15, -0.1) is 0 Å². The molecule has 0 bridgehead atoms. The van der Waals surface area contributed by atoms with Crippen molar-refractivity contribution in [1.82, 2.24) is 15.1 Å². The third kappa shape index (κ3) is 5.83. The highest BCUT2D eigenvalue weighted by molar-refractivity contribution is 4.68. The molecule has 1 fully saturated rings. The number of likely N-dealkylation sites (tertiary alicyclic amines) is 1. The lowest BCUT2D eigenvalue weighted by Gasteiger charge is -2.22. The van der Waals surface area contributed by atoms with Gasteiger partial charge in [0.1, 0.15) is 0 Å². The highest BCUT2D eigenvalue weighted by atomic mass is 15.2. The predicted molar refractivity (Wildman–Crippen MR) is 70.9 cm³/mol. The maximum Gasteiger partial charge on any atom is 0.0109 e. The Morgan fingerprint density at radius 1 is 1.25 bits per heavy atom. The van der Waals surface area contributed by atoms with Crippen LogP contribution in [0.4, 0.5) is 0 Å². The van der Waals surface area contributed by atoms with E-state index in [4.69, 9.17) is 0 Å². The Hall–Kier alpha value is -0.120. The number of nitrogens with zero attached hydrogens (tertiary/aromatic N) is 2. The van der Waals surface area contributed by atoms with Gasteiger partial charge in [0, 0.05) is 19.1 Å². The van der Waals surface area contributed by atoms with Crippen molar-refractivity contribution in [2.75, 3.05) is 46.3 Å². The van der Waals surface area contributed by atoms with E-state index in [0.29, 0.717) is 6.04 Å². The maximum absolute atomic E-state index is 3.46. The first-order valence-electron chi connectivity index (χ1n) is 6.86. The van der Waals surface area contributed by atoms with Crippen molar-refractivity contribution < 1.29 is 0 Å². The smallest absolute Gasteiger partial charge is 0.0109 e. The van der Waals surface area contributed by atoms with Gasteiger partial charge in [0.15, 0.2) is 0 Å². The fraction of sp³-hybridized carbons (Fsp3) is 1.00. The summed E-state index contributed by atoms with van der Waals surface area (Å²) in [7, 11) is 2.24. The number of likely N-dealkylation sites (N-methyl/N-ethyl adjacent to an activating group) is 1. The van der Waals surface area contributed by atoms with Crippen molar-refractivity contribution in [1.29, 1.82) is 0 Å². The van der Waals surface area contributed by atoms with E-state index in [9.17, 15) is 0 Å². The molecule has 1 saturated heterocycles. The van der Waals surface area contributed by atoms with Gasteiger partial charge in [0.25, 0.3) is 0 Å². The lowest BCUT2D eigenvalue weighted by atomic mass is 10.2. The molecule has 0 saturated carbocycles. The second-order valence-corrected chi connectivity index (χ2v) is 5.10. The quantitative estimate of drug-likeness (QED) is 0.676. The van der Waals surface area contributed by atoms with E-state index in [2.05, 4.69) is 36.0 Å². The molecule has 1 aliphatic rings. The van der Waals surface area contributed by atoms with E-state index in [-0.39, 0.29) is 0 Å². The minimum atomic E-state index is 0.652. The SMILES string of the molecule is CCNC(C)CCN(C)CCN1CCCC1. The van der Waals surface area contributed by atoms with E-state index in [1.807, 2.05) is 0 Å². The molecule has 3 heteroatoms. The van der Waals surface area contributed by atoms with Gasteiger partial charge in [-0.3, -0.25) is 0 Å². The van der Waals surface area contributed by atoms with E-state index in [0.717, 1.165) is 6.54 Å². The van der Waals surface area contributed by atoms with Gasteiger partial charge in [-0.25, -0.2) is 0 Å². The summed E-state index contributed by atoms with van der Waals surface area (Å²) in [5.41, 5.74) is 0. The number of nitrogens with one attached hydrogen (secondary N) is 1. The Morgan fingerprint density at radius 2 is 1.94 bits per heavy atom. The van der Waals surface area contributed by atoms with Crippen LogP contribution in [0.2, 0.25) is 0 Å². The normalized spacial score (nSPS) is 19.5. The molecule has 16 heavy (non-hydrogen) atoms. The topological polar surface area (TPSA) is 18.5 Å². The van der Waals surface area contributed by atoms with Crippen LogP contribution in [0.5, 0.6) is 0 Å². The van der Waals surface area contributed by atoms with Gasteiger partial charge in [0.2, 0.25) is 0 Å². The molecule has 0 aliphatic carbocycles. The number of hydrogen-bond acceptors (Lipinski definition) is 3. The van der Waals surface area contributed by atoms with Gasteiger partial charge in [-0.1, -0.05) is 6.92 Å². The minimum Gasteiger partial charge on any atom is -0.314 e. The first-order valence-corrected chi connectivity index (χ1v) is 6.86.